The highest BCUT2D eigenvalue weighted by Gasteiger charge is 2.44. The molecular weight excluding hydrogens is 574 g/mol. The molecule has 0 spiro atoms. The summed E-state index contributed by atoms with van der Waals surface area (Å²) in [6.07, 6.45) is 2.51. The average Bonchev–Trinajstić information content (AvgIpc) is 3.58. The number of aromatic amines is 1. The molecule has 4 N–H and O–H groups in total. The van der Waals surface area contributed by atoms with Crippen molar-refractivity contribution < 1.29 is 24.3 Å². The molecule has 2 aliphatic rings. The van der Waals surface area contributed by atoms with Crippen molar-refractivity contribution in [3.05, 3.63) is 88.8 Å². The fourth-order valence-electron chi connectivity index (χ4n) is 5.84. The highest BCUT2D eigenvalue weighted by atomic mass is 35.5. The third-order valence-electron chi connectivity index (χ3n) is 8.13. The van der Waals surface area contributed by atoms with Crippen molar-refractivity contribution in [2.45, 2.75) is 30.8 Å². The molecule has 4 heterocycles. The first-order valence-corrected chi connectivity index (χ1v) is 14.2. The van der Waals surface area contributed by atoms with E-state index in [9.17, 15) is 24.3 Å². The largest absolute Gasteiger partial charge is 0.465 e. The van der Waals surface area contributed by atoms with E-state index in [1.165, 1.54) is 11.2 Å². The number of hydrogen-bond acceptors (Lipinski definition) is 7. The maximum absolute atomic E-state index is 14.0. The van der Waals surface area contributed by atoms with Crippen LogP contribution in [0.15, 0.2) is 67.1 Å². The van der Waals surface area contributed by atoms with Gasteiger partial charge in [0.1, 0.15) is 23.3 Å². The summed E-state index contributed by atoms with van der Waals surface area (Å²) in [6.45, 7) is 0.782. The van der Waals surface area contributed by atoms with Gasteiger partial charge in [-0.25, -0.2) is 14.8 Å². The van der Waals surface area contributed by atoms with Crippen molar-refractivity contribution in [2.24, 2.45) is 0 Å². The molecule has 43 heavy (non-hydrogen) atoms. The van der Waals surface area contributed by atoms with E-state index in [0.29, 0.717) is 46.3 Å². The molecule has 0 bridgehead atoms. The molecule has 220 valence electrons. The van der Waals surface area contributed by atoms with Crippen LogP contribution in [-0.4, -0.2) is 73.9 Å². The van der Waals surface area contributed by atoms with Crippen molar-refractivity contribution in [2.75, 3.05) is 24.5 Å². The minimum absolute atomic E-state index is 0.0490. The zero-order valence-electron chi connectivity index (χ0n) is 22.9. The quantitative estimate of drug-likeness (QED) is 0.222. The predicted octanol–water partition coefficient (Wildman–Crippen LogP) is 3.76. The molecule has 4 amide bonds. The van der Waals surface area contributed by atoms with Crippen LogP contribution in [0.5, 0.6) is 0 Å². The van der Waals surface area contributed by atoms with Gasteiger partial charge in [0.25, 0.3) is 11.8 Å². The van der Waals surface area contributed by atoms with Crippen LogP contribution < -0.4 is 15.5 Å². The summed E-state index contributed by atoms with van der Waals surface area (Å²) in [5.74, 6) is -0.569. The second kappa shape index (κ2) is 11.4. The molecule has 13 heteroatoms. The number of carbonyl (C=O) groups excluding carboxylic acids is 3. The first kappa shape index (κ1) is 28.2. The number of carboxylic acid groups (broad SMARTS) is 1. The van der Waals surface area contributed by atoms with Gasteiger partial charge >= 0.3 is 6.09 Å². The third-order valence-corrected chi connectivity index (χ3v) is 8.38. The topological polar surface area (TPSA) is 161 Å². The number of nitrogens with one attached hydrogen (secondary N) is 3. The summed E-state index contributed by atoms with van der Waals surface area (Å²) in [6, 6.07) is 14.8. The van der Waals surface area contributed by atoms with E-state index in [1.807, 2.05) is 11.0 Å². The number of amides is 4. The maximum atomic E-state index is 14.0. The van der Waals surface area contributed by atoms with E-state index in [-0.39, 0.29) is 37.6 Å². The molecule has 1 unspecified atom stereocenters. The number of rotatable bonds is 8. The Morgan fingerprint density at radius 3 is 2.33 bits per heavy atom. The molecule has 6 rings (SSSR count). The second-order valence-corrected chi connectivity index (χ2v) is 11.0. The minimum Gasteiger partial charge on any atom is -0.465 e. The summed E-state index contributed by atoms with van der Waals surface area (Å²) in [5, 5.41) is 16.6. The summed E-state index contributed by atoms with van der Waals surface area (Å²) < 4.78 is 0. The number of H-pyrrole nitrogens is 1. The minimum atomic E-state index is -1.41. The molecule has 2 aliphatic heterocycles. The molecule has 0 aliphatic carbocycles. The van der Waals surface area contributed by atoms with E-state index in [4.69, 9.17) is 11.6 Å². The van der Waals surface area contributed by atoms with Gasteiger partial charge in [0.2, 0.25) is 5.91 Å². The molecule has 2 aromatic carbocycles. The van der Waals surface area contributed by atoms with E-state index < -0.39 is 23.6 Å². The van der Waals surface area contributed by atoms with Crippen LogP contribution in [0.1, 0.15) is 51.6 Å². The van der Waals surface area contributed by atoms with Gasteiger partial charge in [0.05, 0.1) is 22.6 Å². The van der Waals surface area contributed by atoms with Crippen molar-refractivity contribution in [3.63, 3.8) is 0 Å². The number of anilines is 1. The highest BCUT2D eigenvalue weighted by Crippen LogP contribution is 2.31. The monoisotopic (exact) mass is 601 g/mol. The Kier molecular flexibility index (Phi) is 7.45. The van der Waals surface area contributed by atoms with Crippen LogP contribution in [0.3, 0.4) is 0 Å². The number of fused-ring (bicyclic) bond motifs is 2. The number of hydrogen-bond donors (Lipinski definition) is 4. The van der Waals surface area contributed by atoms with Gasteiger partial charge in [-0.3, -0.25) is 19.3 Å². The lowest BCUT2D eigenvalue weighted by Gasteiger charge is -2.41. The highest BCUT2D eigenvalue weighted by molar-refractivity contribution is 6.30. The Labute approximate surface area is 251 Å². The zero-order valence-corrected chi connectivity index (χ0v) is 23.7. The van der Waals surface area contributed by atoms with Crippen LogP contribution in [0.4, 0.5) is 10.6 Å². The standard InChI is InChI=1S/C30H28ClN7O5/c31-19-7-5-18(6-8-19)23(10-14-38-26(39)20-3-1-2-4-21(20)27(38)40)35-28(41)30(36-29(42)43)11-15-37(16-12-30)25-22-9-13-32-24(22)33-17-34-25/h1-9,13,17,23,36H,10-12,14-16H2,(H,35,41)(H,42,43)(H,32,33,34). The van der Waals surface area contributed by atoms with Crippen LogP contribution in [-0.2, 0) is 4.79 Å². The molecule has 4 aromatic rings. The van der Waals surface area contributed by atoms with Gasteiger partial charge < -0.3 is 25.6 Å². The number of carbonyl (C=O) groups is 4. The second-order valence-electron chi connectivity index (χ2n) is 10.6. The molecule has 0 radical (unpaired) electrons. The lowest BCUT2D eigenvalue weighted by molar-refractivity contribution is -0.129. The number of halogens is 1. The first-order valence-electron chi connectivity index (χ1n) is 13.8. The molecular formula is C30H28ClN7O5. The van der Waals surface area contributed by atoms with Gasteiger partial charge in [0, 0.05) is 30.9 Å². The normalized spacial score (nSPS) is 16.7. The van der Waals surface area contributed by atoms with Gasteiger partial charge in [0.15, 0.2) is 0 Å². The molecule has 12 nitrogen and oxygen atoms in total. The SMILES string of the molecule is O=C(O)NC1(C(=O)NC(CCN2C(=O)c3ccccc3C2=O)c2ccc(Cl)cc2)CCN(c2ncnc3[nH]ccc23)CC1. The molecule has 1 atom stereocenters. The fourth-order valence-corrected chi connectivity index (χ4v) is 5.96. The Hall–Kier alpha value is -4.97. The predicted molar refractivity (Wildman–Crippen MR) is 158 cm³/mol. The number of nitrogens with zero attached hydrogens (tertiary/aromatic N) is 4. The summed E-state index contributed by atoms with van der Waals surface area (Å²) in [5.41, 5.74) is 0.667. The summed E-state index contributed by atoms with van der Waals surface area (Å²) >= 11 is 6.11. The lowest BCUT2D eigenvalue weighted by Crippen LogP contribution is -2.63. The van der Waals surface area contributed by atoms with Crippen LogP contribution in [0.25, 0.3) is 11.0 Å². The average molecular weight is 602 g/mol. The molecule has 1 saturated heterocycles. The summed E-state index contributed by atoms with van der Waals surface area (Å²) in [4.78, 5) is 66.7. The number of piperidine rings is 1. The lowest BCUT2D eigenvalue weighted by atomic mass is 9.85. The number of benzene rings is 2. The van der Waals surface area contributed by atoms with Gasteiger partial charge in [-0.2, -0.15) is 0 Å². The maximum Gasteiger partial charge on any atom is 0.405 e. The Morgan fingerprint density at radius 1 is 1.00 bits per heavy atom. The Morgan fingerprint density at radius 2 is 1.67 bits per heavy atom. The van der Waals surface area contributed by atoms with Crippen LogP contribution in [0.2, 0.25) is 5.02 Å². The van der Waals surface area contributed by atoms with Gasteiger partial charge in [-0.05, 0) is 55.2 Å². The van der Waals surface area contributed by atoms with Crippen molar-refractivity contribution in [1.82, 2.24) is 30.5 Å². The van der Waals surface area contributed by atoms with Gasteiger partial charge in [-0.15, -0.1) is 0 Å². The Balaban J connectivity index is 1.22. The van der Waals surface area contributed by atoms with Crippen molar-refractivity contribution in [3.8, 4) is 0 Å². The molecule has 1 fully saturated rings. The third kappa shape index (κ3) is 5.37. The first-order chi connectivity index (χ1) is 20.8. The van der Waals surface area contributed by atoms with Crippen LogP contribution in [0, 0.1) is 0 Å². The summed E-state index contributed by atoms with van der Waals surface area (Å²) in [7, 11) is 0. The van der Waals surface area contributed by atoms with Crippen LogP contribution >= 0.6 is 11.6 Å². The van der Waals surface area contributed by atoms with Crippen molar-refractivity contribution in [1.29, 1.82) is 0 Å². The zero-order chi connectivity index (χ0) is 30.1. The fraction of sp³-hybridized carbons (Fsp3) is 0.267. The van der Waals surface area contributed by atoms with Crippen molar-refractivity contribution >= 4 is 52.3 Å². The van der Waals surface area contributed by atoms with Gasteiger partial charge in [-0.1, -0.05) is 35.9 Å². The molecule has 2 aromatic heterocycles. The smallest absolute Gasteiger partial charge is 0.405 e. The van der Waals surface area contributed by atoms with E-state index in [2.05, 4.69) is 25.6 Å². The van der Waals surface area contributed by atoms with E-state index in [0.717, 1.165) is 5.39 Å². The number of imide groups is 1. The van der Waals surface area contributed by atoms with E-state index >= 15 is 0 Å². The molecule has 0 saturated carbocycles. The van der Waals surface area contributed by atoms with E-state index in [1.54, 1.807) is 54.7 Å². The number of aromatic nitrogens is 3. The Bertz CT molecular complexity index is 1680.